The number of hydrogen-bond donors (Lipinski definition) is 2. The molecule has 1 aliphatic carbocycles. The lowest BCUT2D eigenvalue weighted by molar-refractivity contribution is -0.385. The third kappa shape index (κ3) is 3.15. The highest BCUT2D eigenvalue weighted by Gasteiger charge is 2.28. The minimum Gasteiger partial charge on any atom is -0.368 e. The Hall–Kier alpha value is -1.92. The Morgan fingerprint density at radius 1 is 1.25 bits per heavy atom. The summed E-state index contributed by atoms with van der Waals surface area (Å²) >= 11 is 0. The lowest BCUT2D eigenvalue weighted by atomic mass is 9.80. The molecule has 2 rings (SSSR count). The Morgan fingerprint density at radius 3 is 2.40 bits per heavy atom. The van der Waals surface area contributed by atoms with Crippen molar-refractivity contribution in [3.63, 3.8) is 0 Å². The van der Waals surface area contributed by atoms with E-state index in [9.17, 15) is 10.1 Å². The number of nitrogens with two attached hydrogens (primary N) is 1. The largest absolute Gasteiger partial charge is 0.368 e. The zero-order chi connectivity index (χ0) is 14.9. The van der Waals surface area contributed by atoms with Gasteiger partial charge in [0.05, 0.1) is 4.92 Å². The molecule has 0 aromatic carbocycles. The van der Waals surface area contributed by atoms with E-state index >= 15 is 0 Å². The summed E-state index contributed by atoms with van der Waals surface area (Å²) in [5, 5.41) is 14.4. The molecule has 0 saturated heterocycles. The van der Waals surface area contributed by atoms with Crippen molar-refractivity contribution in [2.45, 2.75) is 46.1 Å². The van der Waals surface area contributed by atoms with E-state index in [1.54, 1.807) is 6.92 Å². The summed E-state index contributed by atoms with van der Waals surface area (Å²) in [6.07, 6.45) is 3.18. The number of hydrogen-bond acceptors (Lipinski definition) is 6. The van der Waals surface area contributed by atoms with Gasteiger partial charge in [0.2, 0.25) is 11.8 Å². The second-order valence-electron chi connectivity index (χ2n) is 5.88. The molecule has 2 atom stereocenters. The minimum absolute atomic E-state index is 0.0625. The molecule has 1 fully saturated rings. The third-order valence-electron chi connectivity index (χ3n) is 3.78. The summed E-state index contributed by atoms with van der Waals surface area (Å²) in [6.45, 7) is 5.99. The predicted octanol–water partition coefficient (Wildman–Crippen LogP) is 2.51. The molecule has 0 bridgehead atoms. The maximum absolute atomic E-state index is 11.2. The average Bonchev–Trinajstić information content (AvgIpc) is 2.25. The number of aromatic nitrogens is 2. The number of rotatable bonds is 3. The number of nitro groups is 1. The Bertz CT molecular complexity index is 510. The van der Waals surface area contributed by atoms with Crippen LogP contribution < -0.4 is 11.1 Å². The van der Waals surface area contributed by atoms with Gasteiger partial charge in [-0.15, -0.1) is 0 Å². The number of aryl methyl sites for hydroxylation is 1. The van der Waals surface area contributed by atoms with E-state index in [1.807, 2.05) is 0 Å². The number of nitrogens with one attached hydrogen (secondary N) is 1. The van der Waals surface area contributed by atoms with E-state index in [0.29, 0.717) is 17.5 Å². The van der Waals surface area contributed by atoms with E-state index in [2.05, 4.69) is 29.1 Å². The molecule has 0 spiro atoms. The van der Waals surface area contributed by atoms with Gasteiger partial charge >= 0.3 is 5.69 Å². The lowest BCUT2D eigenvalue weighted by Crippen LogP contribution is -2.31. The molecule has 3 N–H and O–H groups in total. The van der Waals surface area contributed by atoms with Crippen molar-refractivity contribution < 1.29 is 4.92 Å². The topological polar surface area (TPSA) is 107 Å². The molecule has 7 heteroatoms. The molecule has 20 heavy (non-hydrogen) atoms. The van der Waals surface area contributed by atoms with Gasteiger partial charge in [0, 0.05) is 6.04 Å². The Balaban J connectivity index is 2.26. The fraction of sp³-hybridized carbons (Fsp3) is 0.692. The first kappa shape index (κ1) is 14.5. The smallest absolute Gasteiger partial charge is 0.332 e. The molecule has 2 unspecified atom stereocenters. The van der Waals surface area contributed by atoms with Gasteiger partial charge in [-0.25, -0.2) is 4.98 Å². The Morgan fingerprint density at radius 2 is 1.85 bits per heavy atom. The van der Waals surface area contributed by atoms with Crippen LogP contribution >= 0.6 is 0 Å². The second kappa shape index (κ2) is 5.60. The summed E-state index contributed by atoms with van der Waals surface area (Å²) in [4.78, 5) is 18.6. The van der Waals surface area contributed by atoms with Crippen LogP contribution in [0, 0.1) is 28.9 Å². The molecule has 1 aliphatic rings. The highest BCUT2D eigenvalue weighted by atomic mass is 16.6. The molecule has 0 aliphatic heterocycles. The van der Waals surface area contributed by atoms with Crippen molar-refractivity contribution in [2.24, 2.45) is 11.8 Å². The maximum atomic E-state index is 11.2. The molecule has 7 nitrogen and oxygen atoms in total. The van der Waals surface area contributed by atoms with Crippen LogP contribution in [0.2, 0.25) is 0 Å². The molecule has 1 saturated carbocycles. The van der Waals surface area contributed by atoms with Crippen LogP contribution in [-0.4, -0.2) is 20.9 Å². The van der Waals surface area contributed by atoms with E-state index in [0.717, 1.165) is 12.8 Å². The monoisotopic (exact) mass is 279 g/mol. The average molecular weight is 279 g/mol. The number of nitrogens with zero attached hydrogens (tertiary/aromatic N) is 3. The summed E-state index contributed by atoms with van der Waals surface area (Å²) in [5.74, 6) is 1.52. The molecule has 1 aromatic heterocycles. The molecule has 110 valence electrons. The summed E-state index contributed by atoms with van der Waals surface area (Å²) in [5.41, 5.74) is 5.82. The van der Waals surface area contributed by atoms with Crippen LogP contribution in [0.1, 0.15) is 38.8 Å². The van der Waals surface area contributed by atoms with Crippen molar-refractivity contribution >= 4 is 17.5 Å². The lowest BCUT2D eigenvalue weighted by Gasteiger charge is -2.32. The highest BCUT2D eigenvalue weighted by Crippen LogP contribution is 2.33. The predicted molar refractivity (Wildman–Crippen MR) is 77.4 cm³/mol. The number of anilines is 2. The number of nitrogen functional groups attached to an aromatic ring is 1. The van der Waals surface area contributed by atoms with Crippen LogP contribution in [0.5, 0.6) is 0 Å². The van der Waals surface area contributed by atoms with E-state index in [1.165, 1.54) is 6.42 Å². The SMILES string of the molecule is Cc1nc(N)nc(NC2CC(C)CC(C)C2)c1[N+](=O)[O-]. The molecular formula is C13H21N5O2. The standard InChI is InChI=1S/C13H21N5O2/c1-7-4-8(2)6-10(5-7)16-12-11(18(19)20)9(3)15-13(14)17-12/h7-8,10H,4-6H2,1-3H3,(H3,14,15,16,17). The maximum Gasteiger partial charge on any atom is 0.332 e. The van der Waals surface area contributed by atoms with Gasteiger partial charge in [-0.3, -0.25) is 10.1 Å². The quantitative estimate of drug-likeness (QED) is 0.650. The Labute approximate surface area is 118 Å². The molecule has 1 aromatic rings. The summed E-state index contributed by atoms with van der Waals surface area (Å²) < 4.78 is 0. The van der Waals surface area contributed by atoms with Crippen LogP contribution in [0.25, 0.3) is 0 Å². The van der Waals surface area contributed by atoms with Crippen molar-refractivity contribution in [3.8, 4) is 0 Å². The normalized spacial score (nSPS) is 26.2. The van der Waals surface area contributed by atoms with Gasteiger partial charge in [0.1, 0.15) is 5.69 Å². The molecule has 0 amide bonds. The van der Waals surface area contributed by atoms with E-state index in [4.69, 9.17) is 5.73 Å². The summed E-state index contributed by atoms with van der Waals surface area (Å²) in [6, 6.07) is 0.196. The van der Waals surface area contributed by atoms with Gasteiger partial charge < -0.3 is 11.1 Å². The van der Waals surface area contributed by atoms with Gasteiger partial charge in [-0.2, -0.15) is 4.98 Å². The third-order valence-corrected chi connectivity index (χ3v) is 3.78. The molecule has 1 heterocycles. The van der Waals surface area contributed by atoms with E-state index in [-0.39, 0.29) is 23.5 Å². The summed E-state index contributed by atoms with van der Waals surface area (Å²) in [7, 11) is 0. The van der Waals surface area contributed by atoms with Crippen LogP contribution in [0.15, 0.2) is 0 Å². The van der Waals surface area contributed by atoms with E-state index < -0.39 is 4.92 Å². The van der Waals surface area contributed by atoms with Gasteiger partial charge in [0.25, 0.3) is 0 Å². The van der Waals surface area contributed by atoms with Crippen molar-refractivity contribution in [3.05, 3.63) is 15.8 Å². The fourth-order valence-electron chi connectivity index (χ4n) is 3.17. The zero-order valence-corrected chi connectivity index (χ0v) is 12.1. The van der Waals surface area contributed by atoms with Crippen molar-refractivity contribution in [1.82, 2.24) is 9.97 Å². The Kier molecular flexibility index (Phi) is 4.06. The first-order valence-electron chi connectivity index (χ1n) is 6.91. The highest BCUT2D eigenvalue weighted by molar-refractivity contribution is 5.60. The molecular weight excluding hydrogens is 258 g/mol. The van der Waals surface area contributed by atoms with Gasteiger partial charge in [-0.1, -0.05) is 13.8 Å². The minimum atomic E-state index is -0.452. The fourth-order valence-corrected chi connectivity index (χ4v) is 3.17. The van der Waals surface area contributed by atoms with Crippen LogP contribution in [0.3, 0.4) is 0 Å². The van der Waals surface area contributed by atoms with Crippen molar-refractivity contribution in [1.29, 1.82) is 0 Å². The molecule has 0 radical (unpaired) electrons. The van der Waals surface area contributed by atoms with Gasteiger partial charge in [-0.05, 0) is 38.0 Å². The zero-order valence-electron chi connectivity index (χ0n) is 12.1. The second-order valence-corrected chi connectivity index (χ2v) is 5.88. The van der Waals surface area contributed by atoms with Gasteiger partial charge in [0.15, 0.2) is 0 Å². The first-order valence-corrected chi connectivity index (χ1v) is 6.91. The van der Waals surface area contributed by atoms with Crippen LogP contribution in [-0.2, 0) is 0 Å². The van der Waals surface area contributed by atoms with Crippen molar-refractivity contribution in [2.75, 3.05) is 11.1 Å². The van der Waals surface area contributed by atoms with Crippen LogP contribution in [0.4, 0.5) is 17.5 Å². The first-order chi connectivity index (χ1) is 9.36.